The first-order chi connectivity index (χ1) is 9.72. The number of aryl methyl sites for hydroxylation is 1. The number of aromatic nitrogens is 2. The Bertz CT molecular complexity index is 576. The third-order valence-electron chi connectivity index (χ3n) is 3.79. The third kappa shape index (κ3) is 2.93. The van der Waals surface area contributed by atoms with Crippen molar-refractivity contribution >= 4 is 17.2 Å². The molecule has 1 aliphatic rings. The molecule has 4 nitrogen and oxygen atoms in total. The molecule has 0 saturated carbocycles. The second kappa shape index (κ2) is 5.79. The van der Waals surface area contributed by atoms with Crippen molar-refractivity contribution in [1.82, 2.24) is 14.9 Å². The standard InChI is InChI=1S/C15H19N3OS/c1-11-9-16-15(17-11)12-4-2-6-18(10-12)14(19)8-13-5-3-7-20-13/h3,5,7,9,12H,2,4,6,8,10H2,1H3,(H,16,17). The number of aromatic amines is 1. The van der Waals surface area contributed by atoms with E-state index in [9.17, 15) is 4.79 Å². The van der Waals surface area contributed by atoms with Crippen LogP contribution in [0.4, 0.5) is 0 Å². The lowest BCUT2D eigenvalue weighted by atomic mass is 9.97. The van der Waals surface area contributed by atoms with Crippen LogP contribution in [0.1, 0.15) is 35.2 Å². The molecule has 3 heterocycles. The van der Waals surface area contributed by atoms with E-state index >= 15 is 0 Å². The van der Waals surface area contributed by atoms with Crippen LogP contribution in [0.2, 0.25) is 0 Å². The Balaban J connectivity index is 1.64. The number of imidazole rings is 1. The predicted molar refractivity (Wildman–Crippen MR) is 79.9 cm³/mol. The molecule has 1 fully saturated rings. The van der Waals surface area contributed by atoms with E-state index in [1.165, 1.54) is 0 Å². The van der Waals surface area contributed by atoms with Gasteiger partial charge in [-0.2, -0.15) is 0 Å². The molecule has 0 aliphatic carbocycles. The Morgan fingerprint density at radius 2 is 2.50 bits per heavy atom. The molecule has 2 aromatic rings. The number of likely N-dealkylation sites (tertiary alicyclic amines) is 1. The van der Waals surface area contributed by atoms with Gasteiger partial charge in [0.05, 0.1) is 6.42 Å². The highest BCUT2D eigenvalue weighted by atomic mass is 32.1. The molecule has 1 atom stereocenters. The summed E-state index contributed by atoms with van der Waals surface area (Å²) in [6.07, 6.45) is 4.56. The van der Waals surface area contributed by atoms with Gasteiger partial charge in [-0.25, -0.2) is 4.98 Å². The molecule has 20 heavy (non-hydrogen) atoms. The van der Waals surface area contributed by atoms with Crippen molar-refractivity contribution in [3.63, 3.8) is 0 Å². The van der Waals surface area contributed by atoms with Gasteiger partial charge in [-0.05, 0) is 31.2 Å². The minimum absolute atomic E-state index is 0.237. The van der Waals surface area contributed by atoms with E-state index in [1.54, 1.807) is 11.3 Å². The van der Waals surface area contributed by atoms with Crippen molar-refractivity contribution in [3.05, 3.63) is 40.1 Å². The van der Waals surface area contributed by atoms with Crippen molar-refractivity contribution in [2.75, 3.05) is 13.1 Å². The lowest BCUT2D eigenvalue weighted by Crippen LogP contribution is -2.40. The van der Waals surface area contributed by atoms with Crippen molar-refractivity contribution in [2.24, 2.45) is 0 Å². The average Bonchev–Trinajstić information content (AvgIpc) is 3.10. The molecule has 0 spiro atoms. The molecule has 0 bridgehead atoms. The van der Waals surface area contributed by atoms with Gasteiger partial charge in [-0.3, -0.25) is 4.79 Å². The molecule has 3 rings (SSSR count). The van der Waals surface area contributed by atoms with Gasteiger partial charge in [0.2, 0.25) is 5.91 Å². The number of carbonyl (C=O) groups excluding carboxylic acids is 1. The Morgan fingerprint density at radius 3 is 3.20 bits per heavy atom. The molecule has 1 amide bonds. The summed E-state index contributed by atoms with van der Waals surface area (Å²) >= 11 is 1.65. The molecule has 1 N–H and O–H groups in total. The number of thiophene rings is 1. The molecule has 2 aromatic heterocycles. The Morgan fingerprint density at radius 1 is 1.60 bits per heavy atom. The fourth-order valence-corrected chi connectivity index (χ4v) is 3.44. The molecule has 5 heteroatoms. The lowest BCUT2D eigenvalue weighted by Gasteiger charge is -2.31. The Labute approximate surface area is 122 Å². The van der Waals surface area contributed by atoms with Crippen molar-refractivity contribution < 1.29 is 4.79 Å². The van der Waals surface area contributed by atoms with E-state index in [0.29, 0.717) is 12.3 Å². The summed E-state index contributed by atoms with van der Waals surface area (Å²) in [4.78, 5) is 23.2. The molecule has 0 aromatic carbocycles. The maximum absolute atomic E-state index is 12.3. The van der Waals surface area contributed by atoms with Gasteiger partial charge in [0.15, 0.2) is 0 Å². The second-order valence-electron chi connectivity index (χ2n) is 5.39. The lowest BCUT2D eigenvalue weighted by molar-refractivity contribution is -0.131. The highest BCUT2D eigenvalue weighted by Crippen LogP contribution is 2.25. The second-order valence-corrected chi connectivity index (χ2v) is 6.42. The minimum atomic E-state index is 0.237. The molecule has 1 aliphatic heterocycles. The fraction of sp³-hybridized carbons (Fsp3) is 0.467. The summed E-state index contributed by atoms with van der Waals surface area (Å²) in [5.41, 5.74) is 1.09. The van der Waals surface area contributed by atoms with Crippen LogP contribution in [0.25, 0.3) is 0 Å². The Kier molecular flexibility index (Phi) is 3.87. The summed E-state index contributed by atoms with van der Waals surface area (Å²) in [7, 11) is 0. The van der Waals surface area contributed by atoms with Crippen LogP contribution in [-0.2, 0) is 11.2 Å². The van der Waals surface area contributed by atoms with Gasteiger partial charge in [0.25, 0.3) is 0 Å². The van der Waals surface area contributed by atoms with E-state index in [1.807, 2.05) is 35.5 Å². The molecule has 0 radical (unpaired) electrons. The number of rotatable bonds is 3. The highest BCUT2D eigenvalue weighted by Gasteiger charge is 2.26. The summed E-state index contributed by atoms with van der Waals surface area (Å²) in [6, 6.07) is 4.03. The number of nitrogens with one attached hydrogen (secondary N) is 1. The van der Waals surface area contributed by atoms with E-state index in [-0.39, 0.29) is 5.91 Å². The van der Waals surface area contributed by atoms with Gasteiger partial charge in [0.1, 0.15) is 5.82 Å². The van der Waals surface area contributed by atoms with Crippen molar-refractivity contribution in [3.8, 4) is 0 Å². The largest absolute Gasteiger partial charge is 0.346 e. The van der Waals surface area contributed by atoms with Gasteiger partial charge >= 0.3 is 0 Å². The van der Waals surface area contributed by atoms with Gasteiger partial charge < -0.3 is 9.88 Å². The summed E-state index contributed by atoms with van der Waals surface area (Å²) in [5.74, 6) is 1.61. The first-order valence-electron chi connectivity index (χ1n) is 7.04. The maximum atomic E-state index is 12.3. The van der Waals surface area contributed by atoms with Crippen molar-refractivity contribution in [1.29, 1.82) is 0 Å². The zero-order valence-corrected chi connectivity index (χ0v) is 12.4. The summed E-state index contributed by atoms with van der Waals surface area (Å²) in [5, 5.41) is 2.02. The topological polar surface area (TPSA) is 49.0 Å². The molecule has 1 saturated heterocycles. The van der Waals surface area contributed by atoms with Gasteiger partial charge in [-0.15, -0.1) is 11.3 Å². The first kappa shape index (κ1) is 13.4. The number of carbonyl (C=O) groups is 1. The highest BCUT2D eigenvalue weighted by molar-refractivity contribution is 7.10. The number of nitrogens with zero attached hydrogens (tertiary/aromatic N) is 2. The van der Waals surface area contributed by atoms with Gasteiger partial charge in [-0.1, -0.05) is 6.07 Å². The van der Waals surface area contributed by atoms with Crippen LogP contribution < -0.4 is 0 Å². The maximum Gasteiger partial charge on any atom is 0.227 e. The molecule has 106 valence electrons. The average molecular weight is 289 g/mol. The van der Waals surface area contributed by atoms with E-state index in [4.69, 9.17) is 0 Å². The van der Waals surface area contributed by atoms with E-state index in [0.717, 1.165) is 42.3 Å². The monoisotopic (exact) mass is 289 g/mol. The Hall–Kier alpha value is -1.62. The molecule has 1 unspecified atom stereocenters. The zero-order valence-electron chi connectivity index (χ0n) is 11.6. The number of amides is 1. The quantitative estimate of drug-likeness (QED) is 0.944. The number of H-pyrrole nitrogens is 1. The molecular formula is C15H19N3OS. The van der Waals surface area contributed by atoms with E-state index < -0.39 is 0 Å². The zero-order chi connectivity index (χ0) is 13.9. The van der Waals surface area contributed by atoms with Gasteiger partial charge in [0, 0.05) is 35.8 Å². The predicted octanol–water partition coefficient (Wildman–Crippen LogP) is 2.73. The van der Waals surface area contributed by atoms with Crippen LogP contribution in [0.5, 0.6) is 0 Å². The number of hydrogen-bond donors (Lipinski definition) is 1. The van der Waals surface area contributed by atoms with Crippen LogP contribution in [0.15, 0.2) is 23.7 Å². The smallest absolute Gasteiger partial charge is 0.227 e. The summed E-state index contributed by atoms with van der Waals surface area (Å²) < 4.78 is 0. The van der Waals surface area contributed by atoms with Crippen molar-refractivity contribution in [2.45, 2.75) is 32.1 Å². The fourth-order valence-electron chi connectivity index (χ4n) is 2.74. The number of piperidine rings is 1. The van der Waals surface area contributed by atoms with E-state index in [2.05, 4.69) is 9.97 Å². The van der Waals surface area contributed by atoms with Crippen LogP contribution >= 0.6 is 11.3 Å². The minimum Gasteiger partial charge on any atom is -0.346 e. The van der Waals surface area contributed by atoms with Crippen LogP contribution in [0, 0.1) is 6.92 Å². The normalized spacial score (nSPS) is 19.2. The molecular weight excluding hydrogens is 270 g/mol. The first-order valence-corrected chi connectivity index (χ1v) is 7.92. The summed E-state index contributed by atoms with van der Waals surface area (Å²) in [6.45, 7) is 3.68. The number of hydrogen-bond acceptors (Lipinski definition) is 3. The van der Waals surface area contributed by atoms with Crippen LogP contribution in [0.3, 0.4) is 0 Å². The van der Waals surface area contributed by atoms with Crippen LogP contribution in [-0.4, -0.2) is 33.9 Å². The third-order valence-corrected chi connectivity index (χ3v) is 4.67. The SMILES string of the molecule is Cc1cnc(C2CCCN(C(=O)Cc3cccs3)C2)[nH]1.